The summed E-state index contributed by atoms with van der Waals surface area (Å²) in [5.41, 5.74) is 0. The third-order valence-electron chi connectivity index (χ3n) is 5.63. The van der Waals surface area contributed by atoms with Crippen LogP contribution in [0, 0.1) is 5.92 Å². The first kappa shape index (κ1) is 21.5. The molecule has 1 N–H and O–H groups in total. The standard InChI is InChI=1S/C20H36N4O4/c1-16(2)13-23-9-11-27-17(14-23)12-21-19(25)15-22-5-7-24(8-6-22)20(26)18-4-3-10-28-18/h16-18H,3-15H2,1-2H3,(H,21,25). The Bertz CT molecular complexity index is 516. The van der Waals surface area contributed by atoms with E-state index in [0.29, 0.717) is 38.7 Å². The lowest BCUT2D eigenvalue weighted by molar-refractivity contribution is -0.142. The number of nitrogens with one attached hydrogen (secondary N) is 1. The number of hydrogen-bond donors (Lipinski definition) is 1. The van der Waals surface area contributed by atoms with E-state index in [-0.39, 0.29) is 24.0 Å². The predicted octanol–water partition coefficient (Wildman–Crippen LogP) is -0.217. The molecule has 0 bridgehead atoms. The minimum absolute atomic E-state index is 0.0310. The number of hydrogen-bond acceptors (Lipinski definition) is 6. The van der Waals surface area contributed by atoms with Gasteiger partial charge in [0.1, 0.15) is 6.10 Å². The molecule has 8 nitrogen and oxygen atoms in total. The zero-order valence-corrected chi connectivity index (χ0v) is 17.4. The fourth-order valence-corrected chi connectivity index (χ4v) is 4.18. The van der Waals surface area contributed by atoms with Gasteiger partial charge in [-0.1, -0.05) is 13.8 Å². The van der Waals surface area contributed by atoms with Crippen molar-refractivity contribution in [2.75, 3.05) is 72.1 Å². The zero-order chi connectivity index (χ0) is 19.9. The summed E-state index contributed by atoms with van der Waals surface area (Å²) in [5.74, 6) is 0.782. The van der Waals surface area contributed by atoms with Crippen molar-refractivity contribution in [3.8, 4) is 0 Å². The second-order valence-corrected chi connectivity index (χ2v) is 8.55. The summed E-state index contributed by atoms with van der Waals surface area (Å²) < 4.78 is 11.3. The van der Waals surface area contributed by atoms with Crippen LogP contribution < -0.4 is 5.32 Å². The highest BCUT2D eigenvalue weighted by Gasteiger charge is 2.30. The van der Waals surface area contributed by atoms with Gasteiger partial charge >= 0.3 is 0 Å². The number of carbonyl (C=O) groups is 2. The monoisotopic (exact) mass is 396 g/mol. The van der Waals surface area contributed by atoms with Crippen molar-refractivity contribution >= 4 is 11.8 Å². The smallest absolute Gasteiger partial charge is 0.251 e. The molecule has 2 atom stereocenters. The van der Waals surface area contributed by atoms with Crippen molar-refractivity contribution in [2.24, 2.45) is 5.92 Å². The van der Waals surface area contributed by atoms with Crippen LogP contribution in [0.15, 0.2) is 0 Å². The minimum Gasteiger partial charge on any atom is -0.374 e. The van der Waals surface area contributed by atoms with Gasteiger partial charge in [-0.05, 0) is 18.8 Å². The Hall–Kier alpha value is -1.22. The number of ether oxygens (including phenoxy) is 2. The fourth-order valence-electron chi connectivity index (χ4n) is 4.18. The fraction of sp³-hybridized carbons (Fsp3) is 0.900. The molecule has 28 heavy (non-hydrogen) atoms. The molecular weight excluding hydrogens is 360 g/mol. The highest BCUT2D eigenvalue weighted by Crippen LogP contribution is 2.16. The van der Waals surface area contributed by atoms with Crippen LogP contribution in [0.1, 0.15) is 26.7 Å². The van der Waals surface area contributed by atoms with Gasteiger partial charge in [0.2, 0.25) is 5.91 Å². The van der Waals surface area contributed by atoms with Crippen LogP contribution >= 0.6 is 0 Å². The van der Waals surface area contributed by atoms with Crippen LogP contribution in [-0.2, 0) is 19.1 Å². The summed E-state index contributed by atoms with van der Waals surface area (Å²) in [5, 5.41) is 3.02. The van der Waals surface area contributed by atoms with Crippen LogP contribution in [0.4, 0.5) is 0 Å². The van der Waals surface area contributed by atoms with Gasteiger partial charge in [-0.15, -0.1) is 0 Å². The summed E-state index contributed by atoms with van der Waals surface area (Å²) >= 11 is 0. The van der Waals surface area contributed by atoms with Crippen molar-refractivity contribution in [1.82, 2.24) is 20.0 Å². The number of carbonyl (C=O) groups excluding carboxylic acids is 2. The van der Waals surface area contributed by atoms with Gasteiger partial charge in [-0.25, -0.2) is 0 Å². The minimum atomic E-state index is -0.249. The summed E-state index contributed by atoms with van der Waals surface area (Å²) in [4.78, 5) is 31.1. The van der Waals surface area contributed by atoms with Crippen molar-refractivity contribution < 1.29 is 19.1 Å². The molecule has 3 heterocycles. The average molecular weight is 397 g/mol. The van der Waals surface area contributed by atoms with Crippen LogP contribution in [-0.4, -0.2) is 111 Å². The summed E-state index contributed by atoms with van der Waals surface area (Å²) in [6.07, 6.45) is 1.62. The van der Waals surface area contributed by atoms with Crippen LogP contribution in [0.2, 0.25) is 0 Å². The molecule has 3 saturated heterocycles. The molecule has 0 aromatic rings. The van der Waals surface area contributed by atoms with Crippen LogP contribution in [0.3, 0.4) is 0 Å². The lowest BCUT2D eigenvalue weighted by Gasteiger charge is -2.36. The maximum Gasteiger partial charge on any atom is 0.251 e. The second kappa shape index (κ2) is 10.5. The van der Waals surface area contributed by atoms with Gasteiger partial charge in [0.05, 0.1) is 19.3 Å². The summed E-state index contributed by atoms with van der Waals surface area (Å²) in [7, 11) is 0. The molecule has 8 heteroatoms. The molecule has 160 valence electrons. The third-order valence-corrected chi connectivity index (χ3v) is 5.63. The topological polar surface area (TPSA) is 74.4 Å². The summed E-state index contributed by atoms with van der Waals surface area (Å²) in [6.45, 7) is 12.5. The van der Waals surface area contributed by atoms with E-state index in [1.165, 1.54) is 0 Å². The summed E-state index contributed by atoms with van der Waals surface area (Å²) in [6, 6.07) is 0. The van der Waals surface area contributed by atoms with Crippen molar-refractivity contribution in [2.45, 2.75) is 38.9 Å². The van der Waals surface area contributed by atoms with E-state index in [0.717, 1.165) is 52.2 Å². The molecule has 0 radical (unpaired) electrons. The van der Waals surface area contributed by atoms with E-state index >= 15 is 0 Å². The first-order valence-corrected chi connectivity index (χ1v) is 10.7. The van der Waals surface area contributed by atoms with Gasteiger partial charge in [0.15, 0.2) is 0 Å². The zero-order valence-electron chi connectivity index (χ0n) is 17.4. The third kappa shape index (κ3) is 6.40. The molecule has 0 aromatic carbocycles. The van der Waals surface area contributed by atoms with Crippen LogP contribution in [0.25, 0.3) is 0 Å². The SMILES string of the molecule is CC(C)CN1CCOC(CNC(=O)CN2CCN(C(=O)C3CCCO3)CC2)C1. The Morgan fingerprint density at radius 3 is 2.50 bits per heavy atom. The Balaban J connectivity index is 1.32. The Labute approximate surface area is 168 Å². The Morgan fingerprint density at radius 2 is 1.82 bits per heavy atom. The van der Waals surface area contributed by atoms with Gasteiger partial charge in [-0.3, -0.25) is 19.4 Å². The maximum absolute atomic E-state index is 12.4. The van der Waals surface area contributed by atoms with Gasteiger partial charge in [0.25, 0.3) is 5.91 Å². The van der Waals surface area contributed by atoms with E-state index < -0.39 is 0 Å². The first-order chi connectivity index (χ1) is 13.5. The quantitative estimate of drug-likeness (QED) is 0.642. The second-order valence-electron chi connectivity index (χ2n) is 8.55. The molecule has 3 rings (SSSR count). The molecule has 3 fully saturated rings. The number of amides is 2. The van der Waals surface area contributed by atoms with Crippen molar-refractivity contribution in [1.29, 1.82) is 0 Å². The highest BCUT2D eigenvalue weighted by atomic mass is 16.5. The van der Waals surface area contributed by atoms with Crippen molar-refractivity contribution in [3.63, 3.8) is 0 Å². The maximum atomic E-state index is 12.4. The van der Waals surface area contributed by atoms with Gasteiger partial charge in [0, 0.05) is 59.0 Å². The number of piperazine rings is 1. The number of rotatable bonds is 7. The van der Waals surface area contributed by atoms with Gasteiger partial charge < -0.3 is 19.7 Å². The average Bonchev–Trinajstić information content (AvgIpc) is 3.21. The van der Waals surface area contributed by atoms with E-state index in [1.807, 2.05) is 4.90 Å². The van der Waals surface area contributed by atoms with E-state index in [1.54, 1.807) is 0 Å². The molecule has 3 aliphatic rings. The van der Waals surface area contributed by atoms with Crippen molar-refractivity contribution in [3.05, 3.63) is 0 Å². The van der Waals surface area contributed by atoms with E-state index in [4.69, 9.17) is 9.47 Å². The molecule has 0 aromatic heterocycles. The molecule has 0 spiro atoms. The van der Waals surface area contributed by atoms with E-state index in [2.05, 4.69) is 29.0 Å². The number of nitrogens with zero attached hydrogens (tertiary/aromatic N) is 3. The Kier molecular flexibility index (Phi) is 8.08. The first-order valence-electron chi connectivity index (χ1n) is 10.7. The van der Waals surface area contributed by atoms with Crippen LogP contribution in [0.5, 0.6) is 0 Å². The predicted molar refractivity (Wildman–Crippen MR) is 106 cm³/mol. The van der Waals surface area contributed by atoms with Gasteiger partial charge in [-0.2, -0.15) is 0 Å². The molecular formula is C20H36N4O4. The number of morpholine rings is 1. The molecule has 2 unspecified atom stereocenters. The molecule has 0 saturated carbocycles. The largest absolute Gasteiger partial charge is 0.374 e. The van der Waals surface area contributed by atoms with E-state index in [9.17, 15) is 9.59 Å². The molecule has 3 aliphatic heterocycles. The lowest BCUT2D eigenvalue weighted by atomic mass is 10.2. The Morgan fingerprint density at radius 1 is 1.04 bits per heavy atom. The highest BCUT2D eigenvalue weighted by molar-refractivity contribution is 5.81. The normalized spacial score (nSPS) is 27.3. The lowest BCUT2D eigenvalue weighted by Crippen LogP contribution is -2.54. The molecule has 2 amide bonds. The molecule has 0 aliphatic carbocycles.